The standard InChI is InChI=1S/C16H35O3P.Nd/c1-5-9-11-15(7-3)13-19-20(17,18)14-16(8-4)12-10-6-2;/h15-16H,5-14H2,1-4H3,(H,17,18);. The largest absolute Gasteiger partial charge is 0.328 e. The molecule has 0 aliphatic carbocycles. The maximum atomic E-state index is 12.2. The van der Waals surface area contributed by atoms with Crippen molar-refractivity contribution in [1.29, 1.82) is 0 Å². The summed E-state index contributed by atoms with van der Waals surface area (Å²) < 4.78 is 17.6. The fraction of sp³-hybridized carbons (Fsp3) is 1.00. The third-order valence-corrected chi connectivity index (χ3v) is 5.62. The second-order valence-electron chi connectivity index (χ2n) is 5.95. The summed E-state index contributed by atoms with van der Waals surface area (Å²) in [4.78, 5) is 10.0. The van der Waals surface area contributed by atoms with Crippen LogP contribution in [0, 0.1) is 52.7 Å². The molecule has 0 heterocycles. The fourth-order valence-corrected chi connectivity index (χ4v) is 4.06. The number of hydrogen-bond acceptors (Lipinski definition) is 2. The summed E-state index contributed by atoms with van der Waals surface area (Å²) >= 11 is 0. The Morgan fingerprint density at radius 1 is 0.952 bits per heavy atom. The fourth-order valence-electron chi connectivity index (χ4n) is 2.42. The number of unbranched alkanes of at least 4 members (excludes halogenated alkanes) is 2. The molecule has 5 heteroatoms. The zero-order chi connectivity index (χ0) is 15.4. The van der Waals surface area contributed by atoms with Gasteiger partial charge in [0, 0.05) is 40.8 Å². The Morgan fingerprint density at radius 3 is 1.86 bits per heavy atom. The first-order valence-electron chi connectivity index (χ1n) is 8.45. The summed E-state index contributed by atoms with van der Waals surface area (Å²) in [6, 6.07) is 0. The first-order valence-corrected chi connectivity index (χ1v) is 10.2. The Labute approximate surface area is 165 Å². The van der Waals surface area contributed by atoms with Crippen LogP contribution in [-0.4, -0.2) is 17.7 Å². The van der Waals surface area contributed by atoms with E-state index in [2.05, 4.69) is 27.7 Å². The van der Waals surface area contributed by atoms with Gasteiger partial charge in [0.05, 0.1) is 12.8 Å². The molecule has 0 bridgehead atoms. The molecule has 0 saturated heterocycles. The maximum absolute atomic E-state index is 12.2. The van der Waals surface area contributed by atoms with Gasteiger partial charge in [0.1, 0.15) is 0 Å². The van der Waals surface area contributed by atoms with Gasteiger partial charge >= 0.3 is 7.60 Å². The van der Waals surface area contributed by atoms with Gasteiger partial charge in [-0.25, -0.2) is 0 Å². The van der Waals surface area contributed by atoms with Crippen molar-refractivity contribution in [2.75, 3.05) is 12.8 Å². The molecule has 0 spiro atoms. The van der Waals surface area contributed by atoms with Crippen LogP contribution in [0.2, 0.25) is 0 Å². The van der Waals surface area contributed by atoms with Crippen molar-refractivity contribution < 1.29 is 54.8 Å². The summed E-state index contributed by atoms with van der Waals surface area (Å²) in [6.45, 7) is 8.98. The van der Waals surface area contributed by atoms with Gasteiger partial charge in [-0.05, 0) is 24.7 Å². The van der Waals surface area contributed by atoms with Gasteiger partial charge in [0.25, 0.3) is 0 Å². The zero-order valence-electron chi connectivity index (χ0n) is 14.4. The maximum Gasteiger partial charge on any atom is 0.328 e. The Morgan fingerprint density at radius 2 is 1.43 bits per heavy atom. The summed E-state index contributed by atoms with van der Waals surface area (Å²) in [5.74, 6) is 0.743. The van der Waals surface area contributed by atoms with Crippen LogP contribution < -0.4 is 0 Å². The Kier molecular flexibility index (Phi) is 17.7. The summed E-state index contributed by atoms with van der Waals surface area (Å²) in [5, 5.41) is 0. The molecule has 0 aromatic carbocycles. The van der Waals surface area contributed by atoms with Crippen molar-refractivity contribution in [3.63, 3.8) is 0 Å². The van der Waals surface area contributed by atoms with Crippen LogP contribution in [-0.2, 0) is 9.09 Å². The quantitative estimate of drug-likeness (QED) is 0.370. The molecule has 3 atom stereocenters. The molecular weight excluding hydrogens is 415 g/mol. The molecule has 0 aliphatic rings. The molecule has 0 aromatic heterocycles. The SMILES string of the molecule is CCCCC(CC)COP(=O)(O)CC(CC)CCCC.[Nd]. The number of rotatable bonds is 13. The van der Waals surface area contributed by atoms with E-state index in [-0.39, 0.29) is 40.8 Å². The van der Waals surface area contributed by atoms with Gasteiger partial charge in [-0.15, -0.1) is 0 Å². The molecule has 126 valence electrons. The van der Waals surface area contributed by atoms with Gasteiger partial charge in [-0.1, -0.05) is 66.2 Å². The molecule has 1 N–H and O–H groups in total. The normalized spacial score (nSPS) is 16.8. The van der Waals surface area contributed by atoms with Crippen LogP contribution >= 0.6 is 7.60 Å². The Hall–Kier alpha value is 1.50. The first-order chi connectivity index (χ1) is 9.49. The van der Waals surface area contributed by atoms with E-state index in [4.69, 9.17) is 4.52 Å². The van der Waals surface area contributed by atoms with Gasteiger partial charge in [0.15, 0.2) is 0 Å². The third-order valence-electron chi connectivity index (χ3n) is 4.09. The summed E-state index contributed by atoms with van der Waals surface area (Å²) in [5.41, 5.74) is 0. The predicted octanol–water partition coefficient (Wildman–Crippen LogP) is 5.62. The molecule has 21 heavy (non-hydrogen) atoms. The molecule has 0 aliphatic heterocycles. The van der Waals surface area contributed by atoms with E-state index >= 15 is 0 Å². The average Bonchev–Trinajstić information content (AvgIpc) is 2.43. The van der Waals surface area contributed by atoms with Gasteiger partial charge < -0.3 is 9.42 Å². The molecular formula is C16H35NdO3P. The molecule has 3 unspecified atom stereocenters. The van der Waals surface area contributed by atoms with E-state index in [1.807, 2.05) is 0 Å². The Bertz CT molecular complexity index is 274. The van der Waals surface area contributed by atoms with E-state index in [0.29, 0.717) is 24.6 Å². The molecule has 0 rings (SSSR count). The van der Waals surface area contributed by atoms with Crippen molar-refractivity contribution in [3.8, 4) is 0 Å². The van der Waals surface area contributed by atoms with Gasteiger partial charge in [-0.2, -0.15) is 0 Å². The molecule has 0 fully saturated rings. The number of hydrogen-bond donors (Lipinski definition) is 1. The van der Waals surface area contributed by atoms with Crippen LogP contribution in [0.1, 0.15) is 79.1 Å². The molecule has 3 nitrogen and oxygen atoms in total. The smallest absolute Gasteiger partial charge is 0.324 e. The molecule has 0 radical (unpaired) electrons. The van der Waals surface area contributed by atoms with Crippen molar-refractivity contribution in [3.05, 3.63) is 0 Å². The van der Waals surface area contributed by atoms with Gasteiger partial charge in [0.2, 0.25) is 0 Å². The van der Waals surface area contributed by atoms with Crippen molar-refractivity contribution in [2.24, 2.45) is 11.8 Å². The molecule has 0 aromatic rings. The molecule has 0 amide bonds. The minimum atomic E-state index is -3.40. The summed E-state index contributed by atoms with van der Waals surface area (Å²) in [6.07, 6.45) is 9.05. The zero-order valence-corrected chi connectivity index (χ0v) is 18.5. The summed E-state index contributed by atoms with van der Waals surface area (Å²) in [7, 11) is -3.40. The van der Waals surface area contributed by atoms with E-state index in [0.717, 1.165) is 38.5 Å². The average molecular weight is 451 g/mol. The van der Waals surface area contributed by atoms with Crippen LogP contribution in [0.4, 0.5) is 0 Å². The van der Waals surface area contributed by atoms with E-state index in [9.17, 15) is 9.46 Å². The van der Waals surface area contributed by atoms with E-state index in [1.54, 1.807) is 0 Å². The molecule has 0 saturated carbocycles. The van der Waals surface area contributed by atoms with Crippen LogP contribution in [0.15, 0.2) is 0 Å². The Balaban J connectivity index is 0. The minimum absolute atomic E-state index is 0. The van der Waals surface area contributed by atoms with E-state index in [1.165, 1.54) is 12.8 Å². The second-order valence-corrected chi connectivity index (χ2v) is 7.85. The van der Waals surface area contributed by atoms with Crippen molar-refractivity contribution in [2.45, 2.75) is 79.1 Å². The third kappa shape index (κ3) is 13.6. The minimum Gasteiger partial charge on any atom is -0.324 e. The van der Waals surface area contributed by atoms with Crippen molar-refractivity contribution in [1.82, 2.24) is 0 Å². The monoisotopic (exact) mass is 448 g/mol. The second kappa shape index (κ2) is 15.1. The van der Waals surface area contributed by atoms with Crippen molar-refractivity contribution >= 4 is 7.60 Å². The first kappa shape index (κ1) is 24.7. The van der Waals surface area contributed by atoms with Gasteiger partial charge in [-0.3, -0.25) is 4.57 Å². The van der Waals surface area contributed by atoms with Crippen LogP contribution in [0.5, 0.6) is 0 Å². The van der Waals surface area contributed by atoms with Crippen LogP contribution in [0.25, 0.3) is 0 Å². The van der Waals surface area contributed by atoms with E-state index < -0.39 is 7.60 Å². The topological polar surface area (TPSA) is 46.5 Å². The predicted molar refractivity (Wildman–Crippen MR) is 87.3 cm³/mol. The van der Waals surface area contributed by atoms with Crippen LogP contribution in [0.3, 0.4) is 0 Å².